The lowest BCUT2D eigenvalue weighted by Gasteiger charge is -2.13. The summed E-state index contributed by atoms with van der Waals surface area (Å²) in [5.74, 6) is 0. The van der Waals surface area contributed by atoms with Crippen molar-refractivity contribution in [3.05, 3.63) is 23.4 Å². The third kappa shape index (κ3) is 1.63. The summed E-state index contributed by atoms with van der Waals surface area (Å²) < 4.78 is 0. The highest BCUT2D eigenvalue weighted by molar-refractivity contribution is 5.25. The van der Waals surface area contributed by atoms with Crippen LogP contribution in [0.2, 0.25) is 0 Å². The monoisotopic (exact) mass is 137 g/mol. The van der Waals surface area contributed by atoms with Gasteiger partial charge in [0, 0.05) is 5.70 Å². The topological polar surface area (TPSA) is 26.0 Å². The lowest BCUT2D eigenvalue weighted by molar-refractivity contribution is 0.677. The first kappa shape index (κ1) is 7.39. The average molecular weight is 137 g/mol. The van der Waals surface area contributed by atoms with Crippen LogP contribution in [0.1, 0.15) is 32.6 Å². The third-order valence-corrected chi connectivity index (χ3v) is 1.92. The van der Waals surface area contributed by atoms with Gasteiger partial charge in [-0.25, -0.2) is 0 Å². The van der Waals surface area contributed by atoms with Crippen LogP contribution in [0.3, 0.4) is 0 Å². The van der Waals surface area contributed by atoms with Gasteiger partial charge in [0.05, 0.1) is 0 Å². The standard InChI is InChI=1S/C9H15N/c1-2-5-8-6-3-4-7-9(8)10/h2,5H,3-4,6-7,10H2,1H3/b5-2-. The fourth-order valence-corrected chi connectivity index (χ4v) is 1.34. The molecule has 0 heterocycles. The Balaban J connectivity index is 2.68. The number of allylic oxidation sites excluding steroid dienone is 4. The predicted molar refractivity (Wildman–Crippen MR) is 44.5 cm³/mol. The molecule has 0 aromatic carbocycles. The average Bonchev–Trinajstić information content (AvgIpc) is 1.94. The highest BCUT2D eigenvalue weighted by Gasteiger charge is 2.05. The quantitative estimate of drug-likeness (QED) is 0.590. The Morgan fingerprint density at radius 1 is 1.30 bits per heavy atom. The Morgan fingerprint density at radius 2 is 2.00 bits per heavy atom. The van der Waals surface area contributed by atoms with Crippen LogP contribution >= 0.6 is 0 Å². The molecule has 0 saturated carbocycles. The van der Waals surface area contributed by atoms with Crippen molar-refractivity contribution >= 4 is 0 Å². The Morgan fingerprint density at radius 3 is 2.60 bits per heavy atom. The van der Waals surface area contributed by atoms with E-state index in [1.54, 1.807) is 0 Å². The molecular weight excluding hydrogens is 122 g/mol. The van der Waals surface area contributed by atoms with Gasteiger partial charge in [-0.15, -0.1) is 0 Å². The van der Waals surface area contributed by atoms with Crippen molar-refractivity contribution in [1.29, 1.82) is 0 Å². The molecular formula is C9H15N. The van der Waals surface area contributed by atoms with Gasteiger partial charge < -0.3 is 5.73 Å². The van der Waals surface area contributed by atoms with Crippen molar-refractivity contribution in [2.45, 2.75) is 32.6 Å². The lowest BCUT2D eigenvalue weighted by atomic mass is 9.96. The minimum absolute atomic E-state index is 1.10. The van der Waals surface area contributed by atoms with Gasteiger partial charge in [-0.05, 0) is 38.2 Å². The number of rotatable bonds is 1. The molecule has 0 fully saturated rings. The zero-order valence-electron chi connectivity index (χ0n) is 6.56. The minimum atomic E-state index is 1.10. The van der Waals surface area contributed by atoms with Crippen LogP contribution in [0.5, 0.6) is 0 Å². The number of nitrogens with two attached hydrogens (primary N) is 1. The zero-order valence-corrected chi connectivity index (χ0v) is 6.56. The minimum Gasteiger partial charge on any atom is -0.402 e. The van der Waals surface area contributed by atoms with Crippen LogP contribution in [-0.4, -0.2) is 0 Å². The Hall–Kier alpha value is -0.720. The van der Waals surface area contributed by atoms with Crippen molar-refractivity contribution < 1.29 is 0 Å². The van der Waals surface area contributed by atoms with Crippen LogP contribution in [0, 0.1) is 0 Å². The van der Waals surface area contributed by atoms with E-state index < -0.39 is 0 Å². The summed E-state index contributed by atoms with van der Waals surface area (Å²) in [5, 5.41) is 0. The molecule has 0 aliphatic heterocycles. The summed E-state index contributed by atoms with van der Waals surface area (Å²) >= 11 is 0. The maximum atomic E-state index is 5.79. The molecule has 10 heavy (non-hydrogen) atoms. The molecule has 0 bridgehead atoms. The smallest absolute Gasteiger partial charge is 0.0113 e. The molecule has 2 N–H and O–H groups in total. The van der Waals surface area contributed by atoms with Crippen LogP contribution < -0.4 is 5.73 Å². The highest BCUT2D eigenvalue weighted by Crippen LogP contribution is 2.21. The van der Waals surface area contributed by atoms with E-state index in [-0.39, 0.29) is 0 Å². The van der Waals surface area contributed by atoms with Crippen molar-refractivity contribution in [3.8, 4) is 0 Å². The molecule has 0 unspecified atom stereocenters. The van der Waals surface area contributed by atoms with E-state index in [0.29, 0.717) is 0 Å². The Kier molecular flexibility index (Phi) is 2.55. The second kappa shape index (κ2) is 3.45. The molecule has 1 rings (SSSR count). The summed E-state index contributed by atoms with van der Waals surface area (Å²) in [4.78, 5) is 0. The number of hydrogen-bond donors (Lipinski definition) is 1. The van der Waals surface area contributed by atoms with Crippen LogP contribution in [-0.2, 0) is 0 Å². The van der Waals surface area contributed by atoms with Gasteiger partial charge in [-0.2, -0.15) is 0 Å². The van der Waals surface area contributed by atoms with Crippen molar-refractivity contribution in [1.82, 2.24) is 0 Å². The SMILES string of the molecule is C/C=C\C1=C(N)CCCC1. The molecule has 56 valence electrons. The van der Waals surface area contributed by atoms with E-state index in [0.717, 1.165) is 12.1 Å². The van der Waals surface area contributed by atoms with Gasteiger partial charge in [0.1, 0.15) is 0 Å². The van der Waals surface area contributed by atoms with E-state index in [9.17, 15) is 0 Å². The lowest BCUT2D eigenvalue weighted by Crippen LogP contribution is -2.05. The maximum absolute atomic E-state index is 5.79. The van der Waals surface area contributed by atoms with Gasteiger partial charge in [0.2, 0.25) is 0 Å². The molecule has 1 aliphatic rings. The second-order valence-corrected chi connectivity index (χ2v) is 2.76. The largest absolute Gasteiger partial charge is 0.402 e. The summed E-state index contributed by atoms with van der Waals surface area (Å²) in [7, 11) is 0. The molecule has 0 aromatic heterocycles. The molecule has 0 amide bonds. The Labute approximate surface area is 62.6 Å². The summed E-state index contributed by atoms with van der Waals surface area (Å²) in [6.07, 6.45) is 9.05. The summed E-state index contributed by atoms with van der Waals surface area (Å²) in [5.41, 5.74) is 8.25. The molecule has 1 aliphatic carbocycles. The zero-order chi connectivity index (χ0) is 7.40. The van der Waals surface area contributed by atoms with E-state index in [2.05, 4.69) is 12.2 Å². The van der Waals surface area contributed by atoms with Crippen LogP contribution in [0.25, 0.3) is 0 Å². The van der Waals surface area contributed by atoms with Crippen LogP contribution in [0.4, 0.5) is 0 Å². The molecule has 1 heteroatoms. The molecule has 0 saturated heterocycles. The first-order valence-electron chi connectivity index (χ1n) is 3.95. The van der Waals surface area contributed by atoms with Crippen molar-refractivity contribution in [2.75, 3.05) is 0 Å². The normalized spacial score (nSPS) is 20.5. The fourth-order valence-electron chi connectivity index (χ4n) is 1.34. The maximum Gasteiger partial charge on any atom is 0.0113 e. The summed E-state index contributed by atoms with van der Waals surface area (Å²) in [6, 6.07) is 0. The number of hydrogen-bond acceptors (Lipinski definition) is 1. The Bertz CT molecular complexity index is 166. The highest BCUT2D eigenvalue weighted by atomic mass is 14.6. The third-order valence-electron chi connectivity index (χ3n) is 1.92. The van der Waals surface area contributed by atoms with Gasteiger partial charge in [0.25, 0.3) is 0 Å². The molecule has 0 spiro atoms. The van der Waals surface area contributed by atoms with Crippen LogP contribution in [0.15, 0.2) is 23.4 Å². The van der Waals surface area contributed by atoms with Gasteiger partial charge >= 0.3 is 0 Å². The second-order valence-electron chi connectivity index (χ2n) is 2.76. The first-order valence-corrected chi connectivity index (χ1v) is 3.95. The molecule has 0 aromatic rings. The molecule has 1 nitrogen and oxygen atoms in total. The van der Waals surface area contributed by atoms with E-state index in [1.165, 1.54) is 24.8 Å². The first-order chi connectivity index (χ1) is 4.84. The van der Waals surface area contributed by atoms with Gasteiger partial charge in [-0.3, -0.25) is 0 Å². The molecule has 0 radical (unpaired) electrons. The van der Waals surface area contributed by atoms with E-state index in [4.69, 9.17) is 5.73 Å². The molecule has 0 atom stereocenters. The van der Waals surface area contributed by atoms with Gasteiger partial charge in [-0.1, -0.05) is 12.2 Å². The van der Waals surface area contributed by atoms with Crippen molar-refractivity contribution in [2.24, 2.45) is 5.73 Å². The predicted octanol–water partition coefficient (Wildman–Crippen LogP) is 2.35. The van der Waals surface area contributed by atoms with Crippen molar-refractivity contribution in [3.63, 3.8) is 0 Å². The summed E-state index contributed by atoms with van der Waals surface area (Å²) in [6.45, 7) is 2.04. The van der Waals surface area contributed by atoms with E-state index in [1.807, 2.05) is 6.92 Å². The fraction of sp³-hybridized carbons (Fsp3) is 0.556. The van der Waals surface area contributed by atoms with Gasteiger partial charge in [0.15, 0.2) is 0 Å². The van der Waals surface area contributed by atoms with E-state index >= 15 is 0 Å².